The number of hydrogen-bond donors (Lipinski definition) is 2. The van der Waals surface area contributed by atoms with E-state index in [1.807, 2.05) is 25.1 Å². The number of carbonyl (C=O) groups excluding carboxylic acids is 1. The van der Waals surface area contributed by atoms with Gasteiger partial charge in [0.15, 0.2) is 0 Å². The molecule has 1 heterocycles. The molecule has 1 aromatic carbocycles. The number of rotatable bonds is 10. The summed E-state index contributed by atoms with van der Waals surface area (Å²) in [5.41, 5.74) is 1.68. The van der Waals surface area contributed by atoms with Crippen molar-refractivity contribution in [2.75, 3.05) is 47.1 Å². The van der Waals surface area contributed by atoms with E-state index in [2.05, 4.69) is 10.6 Å². The van der Waals surface area contributed by atoms with Crippen LogP contribution >= 0.6 is 12.4 Å². The van der Waals surface area contributed by atoms with Crippen LogP contribution in [0.25, 0.3) is 0 Å². The Bertz CT molecular complexity index is 572. The quantitative estimate of drug-likeness (QED) is 0.590. The third-order valence-electron chi connectivity index (χ3n) is 4.88. The number of methoxy groups -OCH3 is 2. The van der Waals surface area contributed by atoms with Gasteiger partial charge in [0.25, 0.3) is 0 Å². The predicted molar refractivity (Wildman–Crippen MR) is 109 cm³/mol. The normalized spacial score (nSPS) is 15.7. The molecule has 27 heavy (non-hydrogen) atoms. The molecule has 2 N–H and O–H groups in total. The fraction of sp³-hybridized carbons (Fsp3) is 0.650. The van der Waals surface area contributed by atoms with Crippen LogP contribution in [-0.4, -0.2) is 53.0 Å². The predicted octanol–water partition coefficient (Wildman–Crippen LogP) is 2.46. The van der Waals surface area contributed by atoms with Crippen molar-refractivity contribution in [1.82, 2.24) is 10.6 Å². The van der Waals surface area contributed by atoms with Crippen molar-refractivity contribution < 1.29 is 19.0 Å². The Balaban J connectivity index is 0.00000364. The van der Waals surface area contributed by atoms with Crippen LogP contribution < -0.4 is 15.4 Å². The van der Waals surface area contributed by atoms with Crippen LogP contribution in [0.4, 0.5) is 0 Å². The highest BCUT2D eigenvalue weighted by Crippen LogP contribution is 2.30. The van der Waals surface area contributed by atoms with Gasteiger partial charge >= 0.3 is 0 Å². The molecule has 0 unspecified atom stereocenters. The first kappa shape index (κ1) is 23.7. The third kappa shape index (κ3) is 6.96. The zero-order chi connectivity index (χ0) is 18.8. The second kappa shape index (κ2) is 12.2. The Hall–Kier alpha value is -1.34. The second-order valence-electron chi connectivity index (χ2n) is 6.95. The topological polar surface area (TPSA) is 68.8 Å². The average molecular weight is 401 g/mol. The molecule has 1 aliphatic heterocycles. The van der Waals surface area contributed by atoms with Crippen LogP contribution in [0, 0.1) is 12.3 Å². The highest BCUT2D eigenvalue weighted by molar-refractivity contribution is 5.85. The van der Waals surface area contributed by atoms with Gasteiger partial charge in [-0.25, -0.2) is 0 Å². The zero-order valence-corrected chi connectivity index (χ0v) is 17.5. The van der Waals surface area contributed by atoms with E-state index in [0.29, 0.717) is 26.4 Å². The lowest BCUT2D eigenvalue weighted by atomic mass is 9.78. The van der Waals surface area contributed by atoms with E-state index in [9.17, 15) is 4.79 Å². The van der Waals surface area contributed by atoms with E-state index < -0.39 is 5.41 Å². The zero-order valence-electron chi connectivity index (χ0n) is 16.6. The molecule has 0 aliphatic carbocycles. The molecule has 6 nitrogen and oxygen atoms in total. The molecule has 0 saturated carbocycles. The van der Waals surface area contributed by atoms with Gasteiger partial charge < -0.3 is 24.8 Å². The van der Waals surface area contributed by atoms with Crippen LogP contribution in [0.1, 0.15) is 30.4 Å². The molecule has 1 saturated heterocycles. The standard InChI is InChI=1S/C20H32N2O4.ClH/c1-16-5-6-17(18(13-16)26-12-4-11-24-2)14-22-19(23)20(15-25-3)7-9-21-10-8-20;/h5-6,13,21H,4,7-12,14-15H2,1-3H3,(H,22,23);1H. The first-order valence-corrected chi connectivity index (χ1v) is 9.30. The first-order valence-electron chi connectivity index (χ1n) is 9.30. The number of benzene rings is 1. The highest BCUT2D eigenvalue weighted by atomic mass is 35.5. The Kier molecular flexibility index (Phi) is 10.7. The molecule has 0 radical (unpaired) electrons. The molecule has 2 rings (SSSR count). The van der Waals surface area contributed by atoms with E-state index >= 15 is 0 Å². The van der Waals surface area contributed by atoms with Crippen molar-refractivity contribution in [2.45, 2.75) is 32.7 Å². The van der Waals surface area contributed by atoms with Crippen molar-refractivity contribution in [3.8, 4) is 5.75 Å². The van der Waals surface area contributed by atoms with E-state index in [4.69, 9.17) is 14.2 Å². The lowest BCUT2D eigenvalue weighted by molar-refractivity contribution is -0.136. The minimum atomic E-state index is -0.440. The highest BCUT2D eigenvalue weighted by Gasteiger charge is 2.39. The summed E-state index contributed by atoms with van der Waals surface area (Å²) in [5.74, 6) is 0.888. The fourth-order valence-corrected chi connectivity index (χ4v) is 3.31. The number of amides is 1. The number of nitrogens with one attached hydrogen (secondary N) is 2. The van der Waals surface area contributed by atoms with E-state index in [1.165, 1.54) is 0 Å². The SMILES string of the molecule is COCCCOc1cc(C)ccc1CNC(=O)C1(COC)CCNCC1.Cl. The van der Waals surface area contributed by atoms with Crippen LogP contribution in [-0.2, 0) is 20.8 Å². The minimum Gasteiger partial charge on any atom is -0.493 e. The number of carbonyl (C=O) groups is 1. The van der Waals surface area contributed by atoms with Gasteiger partial charge in [-0.1, -0.05) is 12.1 Å². The summed E-state index contributed by atoms with van der Waals surface area (Å²) in [6.45, 7) is 5.90. The number of aryl methyl sites for hydroxylation is 1. The van der Waals surface area contributed by atoms with Gasteiger partial charge in [0, 0.05) is 39.4 Å². The lowest BCUT2D eigenvalue weighted by Gasteiger charge is -2.35. The van der Waals surface area contributed by atoms with Gasteiger partial charge in [-0.05, 0) is 44.5 Å². The molecule has 1 amide bonds. The summed E-state index contributed by atoms with van der Waals surface area (Å²) in [6.07, 6.45) is 2.42. The molecular formula is C20H33ClN2O4. The van der Waals surface area contributed by atoms with E-state index in [1.54, 1.807) is 14.2 Å². The largest absolute Gasteiger partial charge is 0.493 e. The van der Waals surface area contributed by atoms with Gasteiger partial charge in [-0.3, -0.25) is 4.79 Å². The van der Waals surface area contributed by atoms with Gasteiger partial charge in [0.2, 0.25) is 5.91 Å². The number of hydrogen-bond acceptors (Lipinski definition) is 5. The minimum absolute atomic E-state index is 0. The van der Waals surface area contributed by atoms with Crippen molar-refractivity contribution in [3.63, 3.8) is 0 Å². The first-order chi connectivity index (χ1) is 12.6. The van der Waals surface area contributed by atoms with E-state index in [0.717, 1.165) is 49.2 Å². The summed E-state index contributed by atoms with van der Waals surface area (Å²) in [4.78, 5) is 12.9. The van der Waals surface area contributed by atoms with Gasteiger partial charge in [0.05, 0.1) is 18.6 Å². The number of halogens is 1. The Morgan fingerprint density at radius 2 is 1.93 bits per heavy atom. The van der Waals surface area contributed by atoms with Crippen LogP contribution in [0.3, 0.4) is 0 Å². The molecule has 0 spiro atoms. The molecular weight excluding hydrogens is 368 g/mol. The second-order valence-corrected chi connectivity index (χ2v) is 6.95. The lowest BCUT2D eigenvalue weighted by Crippen LogP contribution is -2.50. The monoisotopic (exact) mass is 400 g/mol. The van der Waals surface area contributed by atoms with Crippen LogP contribution in [0.2, 0.25) is 0 Å². The number of ether oxygens (including phenoxy) is 3. The summed E-state index contributed by atoms with van der Waals surface area (Å²) >= 11 is 0. The van der Waals surface area contributed by atoms with Gasteiger partial charge in [-0.2, -0.15) is 0 Å². The molecule has 1 aliphatic rings. The molecule has 7 heteroatoms. The Morgan fingerprint density at radius 1 is 1.19 bits per heavy atom. The molecule has 1 fully saturated rings. The maximum absolute atomic E-state index is 12.9. The maximum atomic E-state index is 12.9. The summed E-state index contributed by atoms with van der Waals surface area (Å²) in [5, 5.41) is 6.41. The molecule has 1 aromatic rings. The smallest absolute Gasteiger partial charge is 0.228 e. The number of piperidine rings is 1. The van der Waals surface area contributed by atoms with E-state index in [-0.39, 0.29) is 18.3 Å². The molecule has 0 atom stereocenters. The fourth-order valence-electron chi connectivity index (χ4n) is 3.31. The molecule has 154 valence electrons. The summed E-state index contributed by atoms with van der Waals surface area (Å²) in [7, 11) is 3.34. The van der Waals surface area contributed by atoms with Crippen molar-refractivity contribution in [1.29, 1.82) is 0 Å². The summed E-state index contributed by atoms with van der Waals surface area (Å²) < 4.78 is 16.3. The van der Waals surface area contributed by atoms with Crippen molar-refractivity contribution in [3.05, 3.63) is 29.3 Å². The van der Waals surface area contributed by atoms with Gasteiger partial charge in [0.1, 0.15) is 5.75 Å². The van der Waals surface area contributed by atoms with Gasteiger partial charge in [-0.15, -0.1) is 12.4 Å². The van der Waals surface area contributed by atoms with Crippen LogP contribution in [0.15, 0.2) is 18.2 Å². The third-order valence-corrected chi connectivity index (χ3v) is 4.88. The molecule has 0 bridgehead atoms. The average Bonchev–Trinajstić information content (AvgIpc) is 2.65. The molecule has 0 aromatic heterocycles. The van der Waals surface area contributed by atoms with Crippen LogP contribution in [0.5, 0.6) is 5.75 Å². The van der Waals surface area contributed by atoms with Crippen molar-refractivity contribution in [2.24, 2.45) is 5.41 Å². The Morgan fingerprint density at radius 3 is 2.59 bits per heavy atom. The summed E-state index contributed by atoms with van der Waals surface area (Å²) in [6, 6.07) is 6.08. The van der Waals surface area contributed by atoms with Crippen molar-refractivity contribution >= 4 is 18.3 Å². The maximum Gasteiger partial charge on any atom is 0.228 e. The Labute approximate surface area is 168 Å².